The predicted molar refractivity (Wildman–Crippen MR) is 116 cm³/mol. The van der Waals surface area contributed by atoms with Gasteiger partial charge in [0.25, 0.3) is 11.8 Å². The number of carbonyl (C=O) groups is 3. The highest BCUT2D eigenvalue weighted by Crippen LogP contribution is 2.38. The quantitative estimate of drug-likeness (QED) is 0.746. The fraction of sp³-hybridized carbons (Fsp3) is 0.261. The molecule has 31 heavy (non-hydrogen) atoms. The third-order valence-corrected chi connectivity index (χ3v) is 5.21. The number of rotatable bonds is 5. The van der Waals surface area contributed by atoms with Crippen LogP contribution in [0.2, 0.25) is 0 Å². The van der Waals surface area contributed by atoms with Crippen molar-refractivity contribution >= 4 is 34.7 Å². The Morgan fingerprint density at radius 3 is 2.32 bits per heavy atom. The molecule has 0 radical (unpaired) electrons. The highest BCUT2D eigenvalue weighted by molar-refractivity contribution is 6.45. The van der Waals surface area contributed by atoms with Crippen molar-refractivity contribution in [1.82, 2.24) is 4.90 Å². The highest BCUT2D eigenvalue weighted by atomic mass is 16.5. The molecule has 1 N–H and O–H groups in total. The molecule has 0 atom stereocenters. The number of methoxy groups -OCH3 is 1. The van der Waals surface area contributed by atoms with Crippen molar-refractivity contribution in [3.8, 4) is 5.75 Å². The number of anilines is 2. The van der Waals surface area contributed by atoms with Crippen LogP contribution in [0.15, 0.2) is 54.2 Å². The van der Waals surface area contributed by atoms with Gasteiger partial charge in [0.1, 0.15) is 11.4 Å². The molecule has 1 fully saturated rings. The number of hydrogen-bond acceptors (Lipinski definition) is 6. The number of nitrogens with one attached hydrogen (secondary N) is 1. The fourth-order valence-electron chi connectivity index (χ4n) is 3.82. The summed E-state index contributed by atoms with van der Waals surface area (Å²) in [6, 6.07) is 13.8. The number of benzene rings is 2. The number of morpholine rings is 1. The van der Waals surface area contributed by atoms with Crippen LogP contribution < -0.4 is 15.0 Å². The zero-order chi connectivity index (χ0) is 22.0. The number of ether oxygens (including phenoxy) is 2. The molecule has 2 aliphatic heterocycles. The summed E-state index contributed by atoms with van der Waals surface area (Å²) in [6.07, 6.45) is 0. The normalized spacial score (nSPS) is 16.7. The predicted octanol–water partition coefficient (Wildman–Crippen LogP) is 2.27. The average molecular weight is 421 g/mol. The first-order valence-electron chi connectivity index (χ1n) is 9.98. The third kappa shape index (κ3) is 3.89. The summed E-state index contributed by atoms with van der Waals surface area (Å²) >= 11 is 0. The lowest BCUT2D eigenvalue weighted by atomic mass is 10.0. The molecule has 2 aliphatic rings. The SMILES string of the molecule is COc1ccccc1C1=C(N2CCOCC2)C(=O)N(c2ccc(NC(C)=O)cc2)C1=O. The van der Waals surface area contributed by atoms with E-state index in [2.05, 4.69) is 5.32 Å². The smallest absolute Gasteiger partial charge is 0.282 e. The Balaban J connectivity index is 1.78. The molecular weight excluding hydrogens is 398 g/mol. The van der Waals surface area contributed by atoms with Crippen molar-refractivity contribution in [2.75, 3.05) is 43.6 Å². The van der Waals surface area contributed by atoms with E-state index in [0.717, 1.165) is 0 Å². The van der Waals surface area contributed by atoms with Gasteiger partial charge in [0.15, 0.2) is 0 Å². The summed E-state index contributed by atoms with van der Waals surface area (Å²) in [5.41, 5.74) is 2.25. The number of carbonyl (C=O) groups excluding carboxylic acids is 3. The molecule has 0 saturated carbocycles. The maximum absolute atomic E-state index is 13.6. The van der Waals surface area contributed by atoms with Crippen molar-refractivity contribution in [1.29, 1.82) is 0 Å². The molecule has 2 heterocycles. The van der Waals surface area contributed by atoms with Gasteiger partial charge in [-0.25, -0.2) is 4.90 Å². The van der Waals surface area contributed by atoms with E-state index in [1.54, 1.807) is 36.4 Å². The van der Waals surface area contributed by atoms with E-state index in [-0.39, 0.29) is 11.8 Å². The lowest BCUT2D eigenvalue weighted by molar-refractivity contribution is -0.121. The van der Waals surface area contributed by atoms with Crippen LogP contribution in [0.1, 0.15) is 12.5 Å². The van der Waals surface area contributed by atoms with E-state index in [9.17, 15) is 14.4 Å². The molecule has 0 bridgehead atoms. The van der Waals surface area contributed by atoms with Crippen LogP contribution in [0.4, 0.5) is 11.4 Å². The lowest BCUT2D eigenvalue weighted by Gasteiger charge is -2.29. The standard InChI is InChI=1S/C23H23N3O5/c1-15(27)24-16-7-9-17(10-8-16)26-22(28)20(18-5-3-4-6-19(18)30-2)21(23(26)29)25-11-13-31-14-12-25/h3-10H,11-14H2,1-2H3,(H,24,27). The Bertz CT molecular complexity index is 1060. The lowest BCUT2D eigenvalue weighted by Crippen LogP contribution is -2.40. The summed E-state index contributed by atoms with van der Waals surface area (Å²) in [6.45, 7) is 3.41. The van der Waals surface area contributed by atoms with Crippen LogP contribution in [0.25, 0.3) is 5.57 Å². The molecule has 160 valence electrons. The summed E-state index contributed by atoms with van der Waals surface area (Å²) in [7, 11) is 1.54. The van der Waals surface area contributed by atoms with Crippen molar-refractivity contribution in [2.24, 2.45) is 0 Å². The first-order chi connectivity index (χ1) is 15.0. The molecule has 8 heteroatoms. The van der Waals surface area contributed by atoms with Crippen molar-refractivity contribution in [2.45, 2.75) is 6.92 Å². The minimum atomic E-state index is -0.414. The second-order valence-electron chi connectivity index (χ2n) is 7.20. The van der Waals surface area contributed by atoms with Crippen LogP contribution >= 0.6 is 0 Å². The van der Waals surface area contributed by atoms with Gasteiger partial charge in [-0.3, -0.25) is 14.4 Å². The van der Waals surface area contributed by atoms with Gasteiger partial charge in [0.2, 0.25) is 5.91 Å². The number of para-hydroxylation sites is 1. The van der Waals surface area contributed by atoms with Crippen molar-refractivity contribution in [3.05, 3.63) is 59.8 Å². The zero-order valence-electron chi connectivity index (χ0n) is 17.4. The molecule has 0 unspecified atom stereocenters. The molecule has 1 saturated heterocycles. The molecule has 4 rings (SSSR count). The van der Waals surface area contributed by atoms with E-state index >= 15 is 0 Å². The zero-order valence-corrected chi connectivity index (χ0v) is 17.4. The van der Waals surface area contributed by atoms with Crippen LogP contribution in [-0.2, 0) is 19.1 Å². The Morgan fingerprint density at radius 1 is 1.00 bits per heavy atom. The van der Waals surface area contributed by atoms with Gasteiger partial charge < -0.3 is 19.7 Å². The first-order valence-corrected chi connectivity index (χ1v) is 9.98. The summed E-state index contributed by atoms with van der Waals surface area (Å²) in [4.78, 5) is 41.4. The first kappa shape index (κ1) is 20.6. The Hall–Kier alpha value is -3.65. The highest BCUT2D eigenvalue weighted by Gasteiger charge is 2.43. The Labute approximate surface area is 180 Å². The summed E-state index contributed by atoms with van der Waals surface area (Å²) in [5, 5.41) is 2.68. The van der Waals surface area contributed by atoms with Gasteiger partial charge in [-0.15, -0.1) is 0 Å². The molecule has 0 spiro atoms. The van der Waals surface area contributed by atoms with Gasteiger partial charge in [0, 0.05) is 31.3 Å². The second kappa shape index (κ2) is 8.61. The monoisotopic (exact) mass is 421 g/mol. The summed E-state index contributed by atoms with van der Waals surface area (Å²) < 4.78 is 10.9. The Morgan fingerprint density at radius 2 is 1.68 bits per heavy atom. The second-order valence-corrected chi connectivity index (χ2v) is 7.20. The molecule has 0 aromatic heterocycles. The maximum Gasteiger partial charge on any atom is 0.282 e. The van der Waals surface area contributed by atoms with E-state index in [1.165, 1.54) is 18.9 Å². The van der Waals surface area contributed by atoms with Gasteiger partial charge >= 0.3 is 0 Å². The third-order valence-electron chi connectivity index (χ3n) is 5.21. The van der Waals surface area contributed by atoms with Crippen LogP contribution in [-0.4, -0.2) is 56.0 Å². The van der Waals surface area contributed by atoms with Crippen molar-refractivity contribution in [3.63, 3.8) is 0 Å². The van der Waals surface area contributed by atoms with Gasteiger partial charge in [0.05, 0.1) is 31.6 Å². The molecule has 2 aromatic carbocycles. The minimum Gasteiger partial charge on any atom is -0.496 e. The average Bonchev–Trinajstić information content (AvgIpc) is 3.04. The summed E-state index contributed by atoms with van der Waals surface area (Å²) in [5.74, 6) is -0.480. The number of hydrogen-bond donors (Lipinski definition) is 1. The number of amides is 3. The molecule has 8 nitrogen and oxygen atoms in total. The van der Waals surface area contributed by atoms with Crippen LogP contribution in [0.3, 0.4) is 0 Å². The van der Waals surface area contributed by atoms with Crippen LogP contribution in [0, 0.1) is 0 Å². The van der Waals surface area contributed by atoms with Crippen LogP contribution in [0.5, 0.6) is 5.75 Å². The molecule has 0 aliphatic carbocycles. The fourth-order valence-corrected chi connectivity index (χ4v) is 3.82. The van der Waals surface area contributed by atoms with Crippen molar-refractivity contribution < 1.29 is 23.9 Å². The van der Waals surface area contributed by atoms with E-state index < -0.39 is 5.91 Å². The van der Waals surface area contributed by atoms with E-state index in [0.29, 0.717) is 60.3 Å². The van der Waals surface area contributed by atoms with Gasteiger partial charge in [-0.1, -0.05) is 18.2 Å². The van der Waals surface area contributed by atoms with E-state index in [1.807, 2.05) is 17.0 Å². The Kier molecular flexibility index (Phi) is 5.73. The number of nitrogens with zero attached hydrogens (tertiary/aromatic N) is 2. The van der Waals surface area contributed by atoms with E-state index in [4.69, 9.17) is 9.47 Å². The topological polar surface area (TPSA) is 88.2 Å². The maximum atomic E-state index is 13.6. The van der Waals surface area contributed by atoms with Gasteiger partial charge in [-0.2, -0.15) is 0 Å². The molecule has 2 aromatic rings. The van der Waals surface area contributed by atoms with Gasteiger partial charge in [-0.05, 0) is 30.3 Å². The minimum absolute atomic E-state index is 0.198. The largest absolute Gasteiger partial charge is 0.496 e. The molecule has 3 amide bonds. The number of imide groups is 1. The molecular formula is C23H23N3O5.